The summed E-state index contributed by atoms with van der Waals surface area (Å²) >= 11 is 1.18. The van der Waals surface area contributed by atoms with Crippen LogP contribution in [0.2, 0.25) is 0 Å². The lowest BCUT2D eigenvalue weighted by atomic mass is 9.90. The summed E-state index contributed by atoms with van der Waals surface area (Å²) in [5, 5.41) is 9.84. The third-order valence-corrected chi connectivity index (χ3v) is 7.57. The highest BCUT2D eigenvalue weighted by Crippen LogP contribution is 2.35. The number of aryl methyl sites for hydroxylation is 1. The molecule has 3 aromatic rings. The number of carbonyl (C=O) groups is 2. The molecule has 1 amide bonds. The van der Waals surface area contributed by atoms with Gasteiger partial charge in [0, 0.05) is 24.6 Å². The Balaban J connectivity index is 1.50. The Hall–Kier alpha value is -3.40. The van der Waals surface area contributed by atoms with Gasteiger partial charge in [0.2, 0.25) is 0 Å². The molecule has 37 heavy (non-hydrogen) atoms. The second kappa shape index (κ2) is 10.2. The lowest BCUT2D eigenvalue weighted by molar-refractivity contribution is -0.152. The van der Waals surface area contributed by atoms with Gasteiger partial charge in [0.15, 0.2) is 5.60 Å². The van der Waals surface area contributed by atoms with Gasteiger partial charge < -0.3 is 14.7 Å². The molecule has 196 valence electrons. The van der Waals surface area contributed by atoms with E-state index in [1.54, 1.807) is 17.9 Å². The summed E-state index contributed by atoms with van der Waals surface area (Å²) in [4.78, 5) is 31.5. The number of carbonyl (C=O) groups excluding carboxylic acids is 1. The Kier molecular flexibility index (Phi) is 7.32. The lowest BCUT2D eigenvalue weighted by Crippen LogP contribution is -2.39. The molecule has 1 fully saturated rings. The quantitative estimate of drug-likeness (QED) is 0.398. The number of carboxylic acids is 1. The molecule has 1 saturated heterocycles. The molecule has 0 spiro atoms. The lowest BCUT2D eigenvalue weighted by Gasteiger charge is -2.33. The molecule has 0 aliphatic carbocycles. The number of nitrogens with zero attached hydrogens (tertiary/aromatic N) is 2. The van der Waals surface area contributed by atoms with E-state index in [9.17, 15) is 27.9 Å². The number of piperidine rings is 1. The average molecular weight is 533 g/mol. The van der Waals surface area contributed by atoms with E-state index in [-0.39, 0.29) is 11.8 Å². The van der Waals surface area contributed by atoms with Crippen LogP contribution in [0.3, 0.4) is 0 Å². The van der Waals surface area contributed by atoms with Crippen molar-refractivity contribution in [2.75, 3.05) is 13.1 Å². The van der Waals surface area contributed by atoms with Crippen LogP contribution in [0, 0.1) is 6.92 Å². The van der Waals surface area contributed by atoms with Crippen molar-refractivity contribution < 1.29 is 32.6 Å². The standard InChI is InChI=1S/C27H27F3N2O4S/c1-16-22(37-23(31-16)17-9-11-20(12-10-17)27(28,29)30)24(33)32-13-5-7-19(15-32)18-6-4-8-21(14-18)36-26(2,3)25(34)35/h4,6,8-12,14,19H,5,7,13,15H2,1-3H3,(H,34,35). The number of likely N-dealkylation sites (tertiary alicyclic amines) is 1. The van der Waals surface area contributed by atoms with Gasteiger partial charge in [-0.3, -0.25) is 4.79 Å². The van der Waals surface area contributed by atoms with E-state index in [1.165, 1.54) is 37.3 Å². The van der Waals surface area contributed by atoms with E-state index in [0.717, 1.165) is 30.5 Å². The number of amides is 1. The van der Waals surface area contributed by atoms with Crippen molar-refractivity contribution in [3.63, 3.8) is 0 Å². The Labute approximate surface area is 216 Å². The zero-order valence-electron chi connectivity index (χ0n) is 20.6. The fraction of sp³-hybridized carbons (Fsp3) is 0.370. The fourth-order valence-electron chi connectivity index (χ4n) is 4.27. The average Bonchev–Trinajstić information content (AvgIpc) is 3.24. The third-order valence-electron chi connectivity index (χ3n) is 6.38. The van der Waals surface area contributed by atoms with Crippen LogP contribution in [0.5, 0.6) is 5.75 Å². The van der Waals surface area contributed by atoms with E-state index in [0.29, 0.717) is 40.0 Å². The van der Waals surface area contributed by atoms with Crippen molar-refractivity contribution in [2.24, 2.45) is 0 Å². The van der Waals surface area contributed by atoms with Crippen molar-refractivity contribution >= 4 is 23.2 Å². The number of aromatic nitrogens is 1. The summed E-state index contributed by atoms with van der Waals surface area (Å²) in [6.45, 7) is 5.77. The van der Waals surface area contributed by atoms with Crippen molar-refractivity contribution in [1.29, 1.82) is 0 Å². The SMILES string of the molecule is Cc1nc(-c2ccc(C(F)(F)F)cc2)sc1C(=O)N1CCCC(c2cccc(OC(C)(C)C(=O)O)c2)C1. The fourth-order valence-corrected chi connectivity index (χ4v) is 5.31. The minimum absolute atomic E-state index is 0.0526. The Bertz CT molecular complexity index is 1300. The smallest absolute Gasteiger partial charge is 0.416 e. The van der Waals surface area contributed by atoms with Crippen LogP contribution in [-0.2, 0) is 11.0 Å². The molecule has 0 bridgehead atoms. The normalized spacial score (nSPS) is 16.5. The molecule has 2 aromatic carbocycles. The molecule has 2 heterocycles. The number of halogens is 3. The second-order valence-corrected chi connectivity index (χ2v) is 10.6. The second-order valence-electron chi connectivity index (χ2n) is 9.59. The molecule has 1 aliphatic rings. The zero-order chi connectivity index (χ0) is 27.0. The molecule has 1 aliphatic heterocycles. The van der Waals surface area contributed by atoms with Gasteiger partial charge in [-0.25, -0.2) is 9.78 Å². The summed E-state index contributed by atoms with van der Waals surface area (Å²) in [5.41, 5.74) is -0.0818. The number of ether oxygens (including phenoxy) is 1. The van der Waals surface area contributed by atoms with Crippen LogP contribution in [0.25, 0.3) is 10.6 Å². The van der Waals surface area contributed by atoms with E-state index >= 15 is 0 Å². The highest BCUT2D eigenvalue weighted by molar-refractivity contribution is 7.17. The third kappa shape index (κ3) is 5.95. The first-order chi connectivity index (χ1) is 17.3. The largest absolute Gasteiger partial charge is 0.478 e. The topological polar surface area (TPSA) is 79.7 Å². The van der Waals surface area contributed by atoms with Crippen molar-refractivity contribution in [3.8, 4) is 16.3 Å². The van der Waals surface area contributed by atoms with Gasteiger partial charge in [-0.15, -0.1) is 11.3 Å². The van der Waals surface area contributed by atoms with E-state index in [2.05, 4.69) is 4.98 Å². The van der Waals surface area contributed by atoms with Crippen LogP contribution < -0.4 is 4.74 Å². The maximum Gasteiger partial charge on any atom is 0.416 e. The number of hydrogen-bond acceptors (Lipinski definition) is 5. The highest BCUT2D eigenvalue weighted by atomic mass is 32.1. The van der Waals surface area contributed by atoms with Gasteiger partial charge in [0.25, 0.3) is 5.91 Å². The molecule has 0 radical (unpaired) electrons. The maximum absolute atomic E-state index is 13.4. The van der Waals surface area contributed by atoms with Crippen molar-refractivity contribution in [1.82, 2.24) is 9.88 Å². The molecule has 0 saturated carbocycles. The molecule has 4 rings (SSSR count). The number of thiazole rings is 1. The highest BCUT2D eigenvalue weighted by Gasteiger charge is 2.32. The summed E-state index contributed by atoms with van der Waals surface area (Å²) < 4.78 is 44.3. The van der Waals surface area contributed by atoms with Gasteiger partial charge in [-0.1, -0.05) is 24.3 Å². The van der Waals surface area contributed by atoms with Crippen LogP contribution >= 0.6 is 11.3 Å². The van der Waals surface area contributed by atoms with Gasteiger partial charge >= 0.3 is 12.1 Å². The Morgan fingerprint density at radius 3 is 2.49 bits per heavy atom. The summed E-state index contributed by atoms with van der Waals surface area (Å²) in [6, 6.07) is 12.1. The van der Waals surface area contributed by atoms with E-state index < -0.39 is 23.3 Å². The van der Waals surface area contributed by atoms with Crippen LogP contribution in [0.15, 0.2) is 48.5 Å². The molecule has 6 nitrogen and oxygen atoms in total. The van der Waals surface area contributed by atoms with Gasteiger partial charge in [-0.05, 0) is 63.4 Å². The Morgan fingerprint density at radius 2 is 1.84 bits per heavy atom. The molecule has 1 atom stereocenters. The predicted molar refractivity (Wildman–Crippen MR) is 134 cm³/mol. The summed E-state index contributed by atoms with van der Waals surface area (Å²) in [6.07, 6.45) is -2.75. The van der Waals surface area contributed by atoms with Crippen LogP contribution in [-0.4, -0.2) is 45.6 Å². The monoisotopic (exact) mass is 532 g/mol. The molecule has 1 N–H and O–H groups in total. The molecular weight excluding hydrogens is 505 g/mol. The number of carboxylic acid groups (broad SMARTS) is 1. The van der Waals surface area contributed by atoms with Crippen LogP contribution in [0.1, 0.15) is 59.1 Å². The molecule has 10 heteroatoms. The van der Waals surface area contributed by atoms with E-state index in [4.69, 9.17) is 4.74 Å². The first-order valence-electron chi connectivity index (χ1n) is 11.8. The number of hydrogen-bond donors (Lipinski definition) is 1. The van der Waals surface area contributed by atoms with Crippen molar-refractivity contribution in [2.45, 2.75) is 51.3 Å². The number of aliphatic carboxylic acids is 1. The minimum Gasteiger partial charge on any atom is -0.478 e. The molecule has 1 unspecified atom stereocenters. The van der Waals surface area contributed by atoms with E-state index in [1.807, 2.05) is 18.2 Å². The molecule has 1 aromatic heterocycles. The van der Waals surface area contributed by atoms with Gasteiger partial charge in [0.1, 0.15) is 15.6 Å². The number of alkyl halides is 3. The first kappa shape index (κ1) is 26.7. The van der Waals surface area contributed by atoms with Crippen molar-refractivity contribution in [3.05, 3.63) is 70.2 Å². The predicted octanol–water partition coefficient (Wildman–Crippen LogP) is 6.40. The minimum atomic E-state index is -4.42. The van der Waals surface area contributed by atoms with Gasteiger partial charge in [0.05, 0.1) is 11.3 Å². The summed E-state index contributed by atoms with van der Waals surface area (Å²) in [7, 11) is 0. The number of rotatable bonds is 6. The first-order valence-corrected chi connectivity index (χ1v) is 12.6. The maximum atomic E-state index is 13.4. The zero-order valence-corrected chi connectivity index (χ0v) is 21.4. The molecular formula is C27H27F3N2O4S. The Morgan fingerprint density at radius 1 is 1.14 bits per heavy atom. The number of benzene rings is 2. The van der Waals surface area contributed by atoms with Crippen LogP contribution in [0.4, 0.5) is 13.2 Å². The van der Waals surface area contributed by atoms with Gasteiger partial charge in [-0.2, -0.15) is 13.2 Å². The summed E-state index contributed by atoms with van der Waals surface area (Å²) in [5.74, 6) is -0.718.